The lowest BCUT2D eigenvalue weighted by atomic mass is 9.73. The second-order valence-electron chi connectivity index (χ2n) is 16.6. The van der Waals surface area contributed by atoms with Gasteiger partial charge in [-0.05, 0) is 93.8 Å². The predicted octanol–water partition coefficient (Wildman–Crippen LogP) is 7.00. The summed E-state index contributed by atoms with van der Waals surface area (Å²) in [6.07, 6.45) is 14.5. The van der Waals surface area contributed by atoms with Crippen molar-refractivity contribution in [1.29, 1.82) is 0 Å². The summed E-state index contributed by atoms with van der Waals surface area (Å²) in [5, 5.41) is 22.7. The predicted molar refractivity (Wildman–Crippen MR) is 203 cm³/mol. The van der Waals surface area contributed by atoms with Crippen LogP contribution < -0.4 is 14.4 Å². The molecule has 0 spiro atoms. The van der Waals surface area contributed by atoms with Crippen molar-refractivity contribution < 1.29 is 33.2 Å². The van der Waals surface area contributed by atoms with Gasteiger partial charge in [0, 0.05) is 55.3 Å². The van der Waals surface area contributed by atoms with Crippen LogP contribution in [0, 0.1) is 34.8 Å². The molecule has 1 saturated carbocycles. The third-order valence-corrected chi connectivity index (χ3v) is 12.5. The first kappa shape index (κ1) is 36.7. The van der Waals surface area contributed by atoms with Crippen molar-refractivity contribution >= 4 is 27.5 Å². The van der Waals surface area contributed by atoms with Crippen LogP contribution in [-0.2, 0) is 4.74 Å². The van der Waals surface area contributed by atoms with Crippen molar-refractivity contribution in [1.82, 2.24) is 19.9 Å². The van der Waals surface area contributed by atoms with Crippen molar-refractivity contribution in [2.24, 2.45) is 10.8 Å². The van der Waals surface area contributed by atoms with Crippen LogP contribution in [0.1, 0.15) is 77.2 Å². The fourth-order valence-electron chi connectivity index (χ4n) is 9.80. The number of likely N-dealkylation sites (tertiary alicyclic amines) is 1. The Morgan fingerprint density at radius 2 is 1.78 bits per heavy atom. The molecular weight excluding hydrogens is 692 g/mol. The van der Waals surface area contributed by atoms with Crippen molar-refractivity contribution in [3.63, 3.8) is 0 Å². The molecule has 4 aliphatic rings. The van der Waals surface area contributed by atoms with E-state index < -0.39 is 17.2 Å². The summed E-state index contributed by atoms with van der Waals surface area (Å²) >= 11 is 0. The molecule has 0 bridgehead atoms. The number of halogens is 2. The monoisotopic (exact) mass is 741 g/mol. The Labute approximate surface area is 314 Å². The van der Waals surface area contributed by atoms with Crippen molar-refractivity contribution in [3.8, 4) is 41.2 Å². The lowest BCUT2D eigenvalue weighted by molar-refractivity contribution is -0.0453. The van der Waals surface area contributed by atoms with Crippen LogP contribution in [0.5, 0.6) is 17.6 Å². The van der Waals surface area contributed by atoms with E-state index in [-0.39, 0.29) is 68.1 Å². The molecule has 2 aromatic heterocycles. The number of benzene rings is 2. The smallest absolute Gasteiger partial charge is 0.319 e. The maximum atomic E-state index is 17.3. The van der Waals surface area contributed by atoms with Gasteiger partial charge in [0.25, 0.3) is 0 Å². The number of hydrogen-bond acceptors (Lipinski definition) is 10. The highest BCUT2D eigenvalue weighted by Gasteiger charge is 2.50. The van der Waals surface area contributed by atoms with E-state index in [0.717, 1.165) is 71.2 Å². The van der Waals surface area contributed by atoms with E-state index in [2.05, 4.69) is 22.7 Å². The first-order valence-electron chi connectivity index (χ1n) is 19.2. The standard InChI is InChI=1S/C42H49F2N5O5/c1-5-28-30(43)11-10-26-21-27(50)22-29(32(26)28)35-34(44)36-33(38(45-35)52-4)37(49-18-7-12-41(3,51)24-49)47-39(46-36)54-25-42-13-6-9-31(42)48(17-8-14-42)23-40(2)15-19-53-20-16-40/h1,10-11,21-22,31,50-51H,6-9,12-20,23-25H2,2-4H3/t31-,41-,42?/m1/s1. The second kappa shape index (κ2) is 14.1. The van der Waals surface area contributed by atoms with Crippen LogP contribution in [0.25, 0.3) is 32.9 Å². The summed E-state index contributed by atoms with van der Waals surface area (Å²) in [5.41, 5.74) is -1.20. The molecule has 2 aromatic carbocycles. The third-order valence-electron chi connectivity index (χ3n) is 12.5. The molecule has 3 aliphatic heterocycles. The number of rotatable bonds is 8. The minimum absolute atomic E-state index is 0.0190. The number of phenols is 1. The van der Waals surface area contributed by atoms with Gasteiger partial charge in [-0.1, -0.05) is 25.3 Å². The molecule has 4 fully saturated rings. The number of fused-ring (bicyclic) bond motifs is 3. The molecule has 286 valence electrons. The van der Waals surface area contributed by atoms with Gasteiger partial charge in [-0.25, -0.2) is 13.8 Å². The van der Waals surface area contributed by atoms with E-state index in [1.54, 1.807) is 6.92 Å². The number of methoxy groups -OCH3 is 1. The zero-order valence-corrected chi connectivity index (χ0v) is 31.4. The van der Waals surface area contributed by atoms with Crippen LogP contribution in [-0.4, -0.2) is 94.8 Å². The number of hydrogen-bond donors (Lipinski definition) is 2. The van der Waals surface area contributed by atoms with E-state index >= 15 is 8.78 Å². The fraction of sp³-hybridized carbons (Fsp3) is 0.548. The lowest BCUT2D eigenvalue weighted by Gasteiger charge is -2.49. The summed E-state index contributed by atoms with van der Waals surface area (Å²) in [7, 11) is 1.42. The molecule has 12 heteroatoms. The number of ether oxygens (including phenoxy) is 3. The number of phenolic OH excluding ortho intramolecular Hbond substituents is 1. The third kappa shape index (κ3) is 6.58. The van der Waals surface area contributed by atoms with Gasteiger partial charge in [0.15, 0.2) is 5.82 Å². The van der Waals surface area contributed by atoms with Gasteiger partial charge in [0.05, 0.1) is 24.9 Å². The average Bonchev–Trinajstić information content (AvgIpc) is 3.59. The number of aromatic hydroxyl groups is 1. The van der Waals surface area contributed by atoms with E-state index in [1.807, 2.05) is 4.90 Å². The zero-order chi connectivity index (χ0) is 37.8. The van der Waals surface area contributed by atoms with Gasteiger partial charge in [-0.3, -0.25) is 4.90 Å². The number of nitrogens with zero attached hydrogens (tertiary/aromatic N) is 5. The normalized spacial score (nSPS) is 25.8. The van der Waals surface area contributed by atoms with E-state index in [1.165, 1.54) is 31.4 Å². The summed E-state index contributed by atoms with van der Waals surface area (Å²) in [5.74, 6) is 1.11. The summed E-state index contributed by atoms with van der Waals surface area (Å²) in [4.78, 5) is 18.8. The van der Waals surface area contributed by atoms with Gasteiger partial charge >= 0.3 is 6.01 Å². The Balaban J connectivity index is 1.23. The number of pyridine rings is 1. The minimum atomic E-state index is -1.01. The van der Waals surface area contributed by atoms with Crippen molar-refractivity contribution in [3.05, 3.63) is 41.5 Å². The molecule has 2 N–H and O–H groups in total. The maximum absolute atomic E-state index is 17.3. The molecule has 1 unspecified atom stereocenters. The topological polar surface area (TPSA) is 113 Å². The molecule has 0 amide bonds. The van der Waals surface area contributed by atoms with Crippen LogP contribution in [0.2, 0.25) is 0 Å². The molecule has 1 aliphatic carbocycles. The summed E-state index contributed by atoms with van der Waals surface area (Å²) in [6.45, 7) is 9.05. The minimum Gasteiger partial charge on any atom is -0.508 e. The number of terminal acetylenes is 1. The Morgan fingerprint density at radius 3 is 2.54 bits per heavy atom. The number of aliphatic hydroxyl groups is 1. The fourth-order valence-corrected chi connectivity index (χ4v) is 9.80. The van der Waals surface area contributed by atoms with Gasteiger partial charge in [0.1, 0.15) is 34.0 Å². The van der Waals surface area contributed by atoms with Crippen LogP contribution >= 0.6 is 0 Å². The highest BCUT2D eigenvalue weighted by atomic mass is 19.1. The van der Waals surface area contributed by atoms with E-state index in [4.69, 9.17) is 30.6 Å². The van der Waals surface area contributed by atoms with Crippen molar-refractivity contribution in [2.45, 2.75) is 83.3 Å². The molecular formula is C42H49F2N5O5. The Kier molecular flexibility index (Phi) is 9.56. The van der Waals surface area contributed by atoms with Gasteiger partial charge < -0.3 is 29.3 Å². The second-order valence-corrected chi connectivity index (χ2v) is 16.6. The van der Waals surface area contributed by atoms with Gasteiger partial charge in [-0.15, -0.1) is 6.42 Å². The van der Waals surface area contributed by atoms with Gasteiger partial charge in [-0.2, -0.15) is 9.97 Å². The Hall–Kier alpha value is -4.31. The zero-order valence-electron chi connectivity index (χ0n) is 31.4. The molecule has 3 saturated heterocycles. The first-order chi connectivity index (χ1) is 25.9. The SMILES string of the molecule is C#Cc1c(F)ccc2cc(O)cc(-c3nc(OC)c4c(N5CCC[C@@](C)(O)C5)nc(OCC56CCC[C@H]5N(CC5(C)CCOCC5)CCC6)nc4c3F)c12. The Bertz CT molecular complexity index is 2130. The summed E-state index contributed by atoms with van der Waals surface area (Å²) < 4.78 is 50.5. The highest BCUT2D eigenvalue weighted by Crippen LogP contribution is 2.50. The molecule has 0 radical (unpaired) electrons. The number of β-amino-alcohol motifs (C(OH)–C–C–N with tert-alkyl or cyclic N) is 1. The molecule has 54 heavy (non-hydrogen) atoms. The average molecular weight is 742 g/mol. The highest BCUT2D eigenvalue weighted by molar-refractivity contribution is 6.04. The molecule has 5 heterocycles. The molecule has 4 aromatic rings. The number of aromatic nitrogens is 3. The number of anilines is 1. The van der Waals surface area contributed by atoms with Crippen LogP contribution in [0.15, 0.2) is 24.3 Å². The quantitative estimate of drug-likeness (QED) is 0.183. The van der Waals surface area contributed by atoms with Crippen LogP contribution in [0.3, 0.4) is 0 Å². The van der Waals surface area contributed by atoms with E-state index in [0.29, 0.717) is 43.2 Å². The lowest BCUT2D eigenvalue weighted by Crippen LogP contribution is -2.55. The molecule has 8 rings (SSSR count). The molecule has 3 atom stereocenters. The van der Waals surface area contributed by atoms with E-state index in [9.17, 15) is 10.2 Å². The maximum Gasteiger partial charge on any atom is 0.319 e. The van der Waals surface area contributed by atoms with Gasteiger partial charge in [0.2, 0.25) is 5.88 Å². The van der Waals surface area contributed by atoms with Crippen molar-refractivity contribution in [2.75, 3.05) is 58.0 Å². The van der Waals surface area contributed by atoms with Crippen LogP contribution in [0.4, 0.5) is 14.6 Å². The number of piperidine rings is 2. The largest absolute Gasteiger partial charge is 0.508 e. The molecule has 10 nitrogen and oxygen atoms in total. The summed E-state index contributed by atoms with van der Waals surface area (Å²) in [6, 6.07) is 5.83. The Morgan fingerprint density at radius 1 is 1.00 bits per heavy atom. The first-order valence-corrected chi connectivity index (χ1v) is 19.2.